The van der Waals surface area contributed by atoms with E-state index in [-0.39, 0.29) is 6.04 Å². The standard InChI is InChI=1S/C19H16ClN3O2.HNO3/c20-15-7-5-14(6-8-15)11-25-22-19-16-3-1-2-4-18(16)24-12-17(19)23-10-9-21-13-23;2-1(3)4/h1-10,13,17H,11-12H2;(H,2,3,4)/b22-19-;. The molecule has 0 amide bonds. The molecular formula is C19H17ClN4O5. The summed E-state index contributed by atoms with van der Waals surface area (Å²) in [6.45, 7) is 0.858. The van der Waals surface area contributed by atoms with Crippen LogP contribution in [0.1, 0.15) is 17.2 Å². The number of ether oxygens (including phenoxy) is 1. The summed E-state index contributed by atoms with van der Waals surface area (Å²) in [5.74, 6) is 0.813. The maximum Gasteiger partial charge on any atom is 0.291 e. The van der Waals surface area contributed by atoms with E-state index in [1.54, 1.807) is 12.5 Å². The van der Waals surface area contributed by atoms with Gasteiger partial charge in [0, 0.05) is 23.0 Å². The molecule has 1 aliphatic heterocycles. The molecule has 1 atom stereocenters. The Kier molecular flexibility index (Phi) is 6.64. The molecule has 1 aliphatic rings. The summed E-state index contributed by atoms with van der Waals surface area (Å²) >= 11 is 5.91. The average Bonchev–Trinajstić information content (AvgIpc) is 3.24. The first-order valence-electron chi connectivity index (χ1n) is 8.52. The molecule has 3 aromatic rings. The van der Waals surface area contributed by atoms with E-state index < -0.39 is 5.09 Å². The molecule has 0 saturated carbocycles. The van der Waals surface area contributed by atoms with Crippen LogP contribution in [0.3, 0.4) is 0 Å². The molecule has 0 saturated heterocycles. The van der Waals surface area contributed by atoms with Gasteiger partial charge >= 0.3 is 0 Å². The van der Waals surface area contributed by atoms with E-state index in [4.69, 9.17) is 36.5 Å². The summed E-state index contributed by atoms with van der Waals surface area (Å²) in [4.78, 5) is 18.1. The third-order valence-corrected chi connectivity index (χ3v) is 4.32. The SMILES string of the molecule is Clc1ccc(CO/N=C2/c3ccccc3OCC2n2ccnc2)cc1.O=[N+]([O-])O. The molecule has 4 rings (SSSR count). The zero-order chi connectivity index (χ0) is 20.6. The van der Waals surface area contributed by atoms with Gasteiger partial charge < -0.3 is 19.3 Å². The largest absolute Gasteiger partial charge is 0.490 e. The zero-order valence-electron chi connectivity index (χ0n) is 15.1. The van der Waals surface area contributed by atoms with Gasteiger partial charge in [-0.3, -0.25) is 0 Å². The first-order chi connectivity index (χ1) is 14.0. The number of para-hydroxylation sites is 1. The number of halogens is 1. The van der Waals surface area contributed by atoms with Gasteiger partial charge in [-0.2, -0.15) is 0 Å². The summed E-state index contributed by atoms with van der Waals surface area (Å²) in [7, 11) is 0. The molecule has 1 N–H and O–H groups in total. The summed E-state index contributed by atoms with van der Waals surface area (Å²) < 4.78 is 7.84. The molecule has 2 heterocycles. The third kappa shape index (κ3) is 5.45. The number of aromatic nitrogens is 2. The number of hydrogen-bond acceptors (Lipinski definition) is 6. The van der Waals surface area contributed by atoms with E-state index in [1.165, 1.54) is 0 Å². The topological polar surface area (TPSA) is 112 Å². The lowest BCUT2D eigenvalue weighted by molar-refractivity contribution is -0.742. The van der Waals surface area contributed by atoms with Crippen LogP contribution in [-0.4, -0.2) is 32.2 Å². The van der Waals surface area contributed by atoms with Crippen LogP contribution in [0.4, 0.5) is 0 Å². The third-order valence-electron chi connectivity index (χ3n) is 4.07. The summed E-state index contributed by atoms with van der Waals surface area (Å²) in [6.07, 6.45) is 5.40. The molecule has 0 spiro atoms. The molecule has 29 heavy (non-hydrogen) atoms. The van der Waals surface area contributed by atoms with E-state index in [9.17, 15) is 0 Å². The predicted molar refractivity (Wildman–Crippen MR) is 105 cm³/mol. The van der Waals surface area contributed by atoms with Gasteiger partial charge in [0.1, 0.15) is 30.7 Å². The normalized spacial score (nSPS) is 16.2. The Hall–Kier alpha value is -3.59. The second-order valence-corrected chi connectivity index (χ2v) is 6.38. The molecule has 9 nitrogen and oxygen atoms in total. The van der Waals surface area contributed by atoms with E-state index in [0.29, 0.717) is 18.2 Å². The summed E-state index contributed by atoms with van der Waals surface area (Å²) in [6, 6.07) is 15.3. The maximum absolute atomic E-state index is 8.36. The second-order valence-electron chi connectivity index (χ2n) is 5.95. The van der Waals surface area contributed by atoms with Crippen LogP contribution in [0.5, 0.6) is 5.75 Å². The van der Waals surface area contributed by atoms with E-state index >= 15 is 0 Å². The highest BCUT2D eigenvalue weighted by atomic mass is 35.5. The van der Waals surface area contributed by atoms with Crippen LogP contribution >= 0.6 is 11.6 Å². The molecule has 0 bridgehead atoms. The Balaban J connectivity index is 0.000000552. The van der Waals surface area contributed by atoms with Crippen molar-refractivity contribution in [2.75, 3.05) is 6.61 Å². The lowest BCUT2D eigenvalue weighted by Gasteiger charge is -2.27. The van der Waals surface area contributed by atoms with E-state index in [2.05, 4.69) is 10.1 Å². The van der Waals surface area contributed by atoms with E-state index in [1.807, 2.05) is 59.3 Å². The minimum atomic E-state index is -1.50. The Morgan fingerprint density at radius 3 is 2.72 bits per heavy atom. The quantitative estimate of drug-likeness (QED) is 0.512. The molecule has 1 unspecified atom stereocenters. The van der Waals surface area contributed by atoms with Crippen LogP contribution in [0.15, 0.2) is 72.4 Å². The number of hydrogen-bond donors (Lipinski definition) is 1. The number of fused-ring (bicyclic) bond motifs is 1. The van der Waals surface area contributed by atoms with Gasteiger partial charge in [0.15, 0.2) is 0 Å². The molecule has 0 fully saturated rings. The van der Waals surface area contributed by atoms with Crippen LogP contribution in [0.25, 0.3) is 0 Å². The Morgan fingerprint density at radius 2 is 2.03 bits per heavy atom. The van der Waals surface area contributed by atoms with Crippen molar-refractivity contribution in [3.05, 3.63) is 93.5 Å². The Morgan fingerprint density at radius 1 is 1.31 bits per heavy atom. The van der Waals surface area contributed by atoms with Gasteiger partial charge in [0.05, 0.1) is 6.33 Å². The van der Waals surface area contributed by atoms with Gasteiger partial charge in [0.2, 0.25) is 0 Å². The highest BCUT2D eigenvalue weighted by Gasteiger charge is 2.28. The van der Waals surface area contributed by atoms with Gasteiger partial charge in [-0.1, -0.05) is 41.0 Å². The lowest BCUT2D eigenvalue weighted by Crippen LogP contribution is -2.30. The Labute approximate surface area is 170 Å². The first kappa shape index (κ1) is 20.2. The average molecular weight is 417 g/mol. The van der Waals surface area contributed by atoms with Crippen LogP contribution < -0.4 is 4.74 Å². The van der Waals surface area contributed by atoms with Crippen molar-refractivity contribution in [3.63, 3.8) is 0 Å². The van der Waals surface area contributed by atoms with Gasteiger partial charge in [0.25, 0.3) is 5.09 Å². The predicted octanol–water partition coefficient (Wildman–Crippen LogP) is 3.74. The number of nitrogens with zero attached hydrogens (tertiary/aromatic N) is 4. The van der Waals surface area contributed by atoms with Crippen molar-refractivity contribution in [2.45, 2.75) is 12.6 Å². The maximum atomic E-state index is 8.36. The zero-order valence-corrected chi connectivity index (χ0v) is 15.8. The van der Waals surface area contributed by atoms with Crippen LogP contribution in [-0.2, 0) is 11.4 Å². The van der Waals surface area contributed by atoms with Crippen molar-refractivity contribution >= 4 is 17.3 Å². The van der Waals surface area contributed by atoms with Crippen LogP contribution in [0.2, 0.25) is 5.02 Å². The highest BCUT2D eigenvalue weighted by Crippen LogP contribution is 2.30. The minimum absolute atomic E-state index is 0.0809. The fourth-order valence-corrected chi connectivity index (χ4v) is 2.91. The molecule has 1 aromatic heterocycles. The monoisotopic (exact) mass is 416 g/mol. The molecule has 10 heteroatoms. The smallest absolute Gasteiger partial charge is 0.291 e. The lowest BCUT2D eigenvalue weighted by atomic mass is 10.00. The van der Waals surface area contributed by atoms with Crippen molar-refractivity contribution in [3.8, 4) is 5.75 Å². The molecule has 0 aliphatic carbocycles. The van der Waals surface area contributed by atoms with Gasteiger partial charge in [-0.25, -0.2) is 4.98 Å². The number of rotatable bonds is 4. The summed E-state index contributed by atoms with van der Waals surface area (Å²) in [5.41, 5.74) is 2.77. The molecule has 0 radical (unpaired) electrons. The summed E-state index contributed by atoms with van der Waals surface area (Å²) in [5, 5.41) is 18.8. The van der Waals surface area contributed by atoms with Gasteiger partial charge in [-0.05, 0) is 29.8 Å². The first-order valence-corrected chi connectivity index (χ1v) is 8.89. The molecule has 150 valence electrons. The van der Waals surface area contributed by atoms with Gasteiger partial charge in [-0.15, -0.1) is 10.1 Å². The number of benzene rings is 2. The van der Waals surface area contributed by atoms with Crippen molar-refractivity contribution in [1.82, 2.24) is 9.55 Å². The fourth-order valence-electron chi connectivity index (χ4n) is 2.78. The Bertz CT molecular complexity index is 973. The molecular weight excluding hydrogens is 400 g/mol. The van der Waals surface area contributed by atoms with Crippen molar-refractivity contribution in [2.24, 2.45) is 5.16 Å². The highest BCUT2D eigenvalue weighted by molar-refractivity contribution is 6.30. The van der Waals surface area contributed by atoms with Crippen molar-refractivity contribution < 1.29 is 19.9 Å². The van der Waals surface area contributed by atoms with Crippen molar-refractivity contribution in [1.29, 1.82) is 0 Å². The van der Waals surface area contributed by atoms with E-state index in [0.717, 1.165) is 22.6 Å². The van der Waals surface area contributed by atoms with Crippen LogP contribution in [0, 0.1) is 10.1 Å². The number of oxime groups is 1. The fraction of sp³-hybridized carbons (Fsp3) is 0.158. The second kappa shape index (κ2) is 9.56. The molecule has 2 aromatic carbocycles. The minimum Gasteiger partial charge on any atom is -0.490 e. The number of imidazole rings is 1.